The van der Waals surface area contributed by atoms with Crippen LogP contribution in [0, 0.1) is 0 Å². The molecule has 0 fully saturated rings. The third-order valence-electron chi connectivity index (χ3n) is 3.28. The van der Waals surface area contributed by atoms with Crippen molar-refractivity contribution >= 4 is 22.1 Å². The maximum Gasteiger partial charge on any atom is 0.196 e. The van der Waals surface area contributed by atoms with Gasteiger partial charge in [0.05, 0.1) is 11.4 Å². The van der Waals surface area contributed by atoms with Crippen LogP contribution in [0.15, 0.2) is 54.3 Å². The van der Waals surface area contributed by atoms with Crippen LogP contribution >= 0.6 is 11.3 Å². The highest BCUT2D eigenvalue weighted by atomic mass is 32.1. The number of thiazole rings is 1. The van der Waals surface area contributed by atoms with Gasteiger partial charge < -0.3 is 5.73 Å². The fourth-order valence-corrected chi connectivity index (χ4v) is 3.19. The topological polar surface area (TPSA) is 69.1 Å². The highest BCUT2D eigenvalue weighted by Gasteiger charge is 2.16. The lowest BCUT2D eigenvalue weighted by molar-refractivity contribution is 1.20. The number of fused-ring (bicyclic) bond motifs is 1. The summed E-state index contributed by atoms with van der Waals surface area (Å²) in [6.07, 6.45) is 5.25. The van der Waals surface area contributed by atoms with Crippen LogP contribution in [-0.2, 0) is 0 Å². The van der Waals surface area contributed by atoms with Gasteiger partial charge in [0, 0.05) is 29.5 Å². The van der Waals surface area contributed by atoms with Crippen molar-refractivity contribution in [1.29, 1.82) is 0 Å². The van der Waals surface area contributed by atoms with Crippen molar-refractivity contribution in [3.05, 3.63) is 54.3 Å². The van der Waals surface area contributed by atoms with Crippen LogP contribution in [0.25, 0.3) is 27.6 Å². The molecule has 5 nitrogen and oxygen atoms in total. The summed E-state index contributed by atoms with van der Waals surface area (Å²) in [4.78, 5) is 13.9. The molecule has 4 aromatic rings. The first kappa shape index (κ1) is 12.0. The number of pyridine rings is 2. The molecule has 0 amide bonds. The van der Waals surface area contributed by atoms with Gasteiger partial charge in [-0.05, 0) is 24.3 Å². The van der Waals surface area contributed by atoms with Gasteiger partial charge in [0.25, 0.3) is 0 Å². The molecule has 0 radical (unpaired) electrons. The molecule has 0 spiro atoms. The molecule has 0 atom stereocenters. The van der Waals surface area contributed by atoms with Crippen molar-refractivity contribution in [2.75, 3.05) is 5.73 Å². The molecule has 0 aliphatic rings. The van der Waals surface area contributed by atoms with Gasteiger partial charge in [-0.25, -0.2) is 4.98 Å². The lowest BCUT2D eigenvalue weighted by atomic mass is 10.2. The summed E-state index contributed by atoms with van der Waals surface area (Å²) < 4.78 is 1.95. The number of nitrogens with zero attached hydrogens (tertiary/aromatic N) is 4. The van der Waals surface area contributed by atoms with Gasteiger partial charge in [-0.3, -0.25) is 14.4 Å². The first-order valence-electron chi connectivity index (χ1n) is 6.42. The number of hydrogen-bond acceptors (Lipinski definition) is 5. The summed E-state index contributed by atoms with van der Waals surface area (Å²) in [6, 6.07) is 9.63. The molecule has 2 N–H and O–H groups in total. The van der Waals surface area contributed by atoms with E-state index >= 15 is 0 Å². The molecule has 0 saturated heterocycles. The van der Waals surface area contributed by atoms with Crippen molar-refractivity contribution in [1.82, 2.24) is 19.4 Å². The lowest BCUT2D eigenvalue weighted by Crippen LogP contribution is -1.96. The van der Waals surface area contributed by atoms with Gasteiger partial charge in [0.1, 0.15) is 11.5 Å². The quantitative estimate of drug-likeness (QED) is 0.616. The van der Waals surface area contributed by atoms with Gasteiger partial charge in [-0.1, -0.05) is 6.07 Å². The molecule has 4 rings (SSSR count). The van der Waals surface area contributed by atoms with Crippen molar-refractivity contribution < 1.29 is 0 Å². The molecule has 21 heavy (non-hydrogen) atoms. The zero-order chi connectivity index (χ0) is 14.2. The Labute approximate surface area is 124 Å². The first-order valence-corrected chi connectivity index (χ1v) is 7.30. The molecule has 0 aromatic carbocycles. The van der Waals surface area contributed by atoms with Gasteiger partial charge >= 0.3 is 0 Å². The Kier molecular flexibility index (Phi) is 2.68. The summed E-state index contributed by atoms with van der Waals surface area (Å²) in [6.45, 7) is 0. The molecule has 0 saturated carbocycles. The normalized spacial score (nSPS) is 11.0. The summed E-state index contributed by atoms with van der Waals surface area (Å²) in [5, 5.41) is 2.03. The zero-order valence-corrected chi connectivity index (χ0v) is 11.8. The van der Waals surface area contributed by atoms with E-state index in [1.54, 1.807) is 29.9 Å². The minimum atomic E-state index is 0.623. The van der Waals surface area contributed by atoms with Crippen molar-refractivity contribution in [2.45, 2.75) is 0 Å². The largest absolute Gasteiger partial charge is 0.383 e. The number of nitrogens with two attached hydrogens (primary N) is 1. The average molecular weight is 293 g/mol. The minimum Gasteiger partial charge on any atom is -0.383 e. The predicted octanol–water partition coefficient (Wildman–Crippen LogP) is 3.10. The molecule has 0 aliphatic heterocycles. The van der Waals surface area contributed by atoms with E-state index in [0.717, 1.165) is 27.6 Å². The molecule has 0 bridgehead atoms. The van der Waals surface area contributed by atoms with Crippen LogP contribution in [0.1, 0.15) is 0 Å². The lowest BCUT2D eigenvalue weighted by Gasteiger charge is -2.02. The predicted molar refractivity (Wildman–Crippen MR) is 83.9 cm³/mol. The fraction of sp³-hybridized carbons (Fsp3) is 0. The standard InChI is InChI=1S/C15H11N5S/c16-14-13(10-4-7-17-8-5-10)19-15-20(14)12(9-21-15)11-3-1-2-6-18-11/h1-9H,16H2. The molecular weight excluding hydrogens is 282 g/mol. The Morgan fingerprint density at radius 3 is 2.67 bits per heavy atom. The average Bonchev–Trinajstić information content (AvgIpc) is 3.10. The number of hydrogen-bond donors (Lipinski definition) is 1. The maximum atomic E-state index is 6.31. The molecular formula is C15H11N5S. The summed E-state index contributed by atoms with van der Waals surface area (Å²) >= 11 is 1.55. The smallest absolute Gasteiger partial charge is 0.196 e. The Morgan fingerprint density at radius 1 is 1.05 bits per heavy atom. The second kappa shape index (κ2) is 4.68. The van der Waals surface area contributed by atoms with E-state index in [1.807, 2.05) is 40.1 Å². The monoisotopic (exact) mass is 293 g/mol. The van der Waals surface area contributed by atoms with Crippen molar-refractivity contribution in [3.8, 4) is 22.6 Å². The fourth-order valence-electron chi connectivity index (χ4n) is 2.30. The molecule has 0 aliphatic carbocycles. The molecule has 6 heteroatoms. The van der Waals surface area contributed by atoms with Crippen LogP contribution in [-0.4, -0.2) is 19.4 Å². The number of nitrogen functional groups attached to an aromatic ring is 1. The number of aromatic nitrogens is 4. The van der Waals surface area contributed by atoms with E-state index in [0.29, 0.717) is 5.82 Å². The molecule has 0 unspecified atom stereocenters. The van der Waals surface area contributed by atoms with Crippen LogP contribution in [0.4, 0.5) is 5.82 Å². The van der Waals surface area contributed by atoms with E-state index in [1.165, 1.54) is 0 Å². The second-order valence-electron chi connectivity index (χ2n) is 4.54. The van der Waals surface area contributed by atoms with Gasteiger partial charge in [-0.15, -0.1) is 11.3 Å². The van der Waals surface area contributed by atoms with E-state index in [2.05, 4.69) is 15.0 Å². The third kappa shape index (κ3) is 1.88. The van der Waals surface area contributed by atoms with Crippen LogP contribution < -0.4 is 5.73 Å². The van der Waals surface area contributed by atoms with E-state index < -0.39 is 0 Å². The van der Waals surface area contributed by atoms with Gasteiger partial charge in [0.2, 0.25) is 0 Å². The van der Waals surface area contributed by atoms with Crippen LogP contribution in [0.2, 0.25) is 0 Å². The number of imidazole rings is 1. The third-order valence-corrected chi connectivity index (χ3v) is 4.11. The first-order chi connectivity index (χ1) is 10.3. The van der Waals surface area contributed by atoms with Crippen LogP contribution in [0.3, 0.4) is 0 Å². The van der Waals surface area contributed by atoms with E-state index in [9.17, 15) is 0 Å². The highest BCUT2D eigenvalue weighted by Crippen LogP contribution is 2.33. The summed E-state index contributed by atoms with van der Waals surface area (Å²) in [7, 11) is 0. The second-order valence-corrected chi connectivity index (χ2v) is 5.37. The maximum absolute atomic E-state index is 6.31. The van der Waals surface area contributed by atoms with Gasteiger partial charge in [-0.2, -0.15) is 0 Å². The summed E-state index contributed by atoms with van der Waals surface area (Å²) in [5.41, 5.74) is 9.90. The van der Waals surface area contributed by atoms with Crippen molar-refractivity contribution in [3.63, 3.8) is 0 Å². The van der Waals surface area contributed by atoms with E-state index in [-0.39, 0.29) is 0 Å². The highest BCUT2D eigenvalue weighted by molar-refractivity contribution is 7.15. The Morgan fingerprint density at radius 2 is 1.90 bits per heavy atom. The van der Waals surface area contributed by atoms with Crippen LogP contribution in [0.5, 0.6) is 0 Å². The van der Waals surface area contributed by atoms with Crippen molar-refractivity contribution in [2.24, 2.45) is 0 Å². The number of anilines is 1. The van der Waals surface area contributed by atoms with E-state index in [4.69, 9.17) is 5.73 Å². The SMILES string of the molecule is Nc1c(-c2ccncc2)nc2scc(-c3ccccn3)n12. The Bertz CT molecular complexity index is 896. The molecule has 4 aromatic heterocycles. The van der Waals surface area contributed by atoms with Gasteiger partial charge in [0.15, 0.2) is 4.96 Å². The Balaban J connectivity index is 1.95. The minimum absolute atomic E-state index is 0.623. The Hall–Kier alpha value is -2.73. The molecule has 4 heterocycles. The number of rotatable bonds is 2. The summed E-state index contributed by atoms with van der Waals surface area (Å²) in [5.74, 6) is 0.623. The molecule has 102 valence electrons. The zero-order valence-electron chi connectivity index (χ0n) is 11.0.